The summed E-state index contributed by atoms with van der Waals surface area (Å²) in [5.74, 6) is 0.701. The molecule has 0 unspecified atom stereocenters. The zero-order valence-corrected chi connectivity index (χ0v) is 12.2. The van der Waals surface area contributed by atoms with Gasteiger partial charge in [0, 0.05) is 11.1 Å². The van der Waals surface area contributed by atoms with E-state index >= 15 is 0 Å². The molecular formula is C16H13N3OS. The summed E-state index contributed by atoms with van der Waals surface area (Å²) in [5, 5.41) is 2.10. The number of thiocarbonyl (C=S) groups is 1. The van der Waals surface area contributed by atoms with Crippen LogP contribution in [0.5, 0.6) is 11.8 Å². The van der Waals surface area contributed by atoms with Crippen molar-refractivity contribution in [3.8, 4) is 11.8 Å². The average Bonchev–Trinajstić information content (AvgIpc) is 2.47. The number of aryl methyl sites for hydroxylation is 1. The normalized spacial score (nSPS) is 10.5. The van der Waals surface area contributed by atoms with Crippen LogP contribution in [0.25, 0.3) is 10.8 Å². The number of aromatic nitrogens is 2. The summed E-state index contributed by atoms with van der Waals surface area (Å²) in [4.78, 5) is 8.73. The van der Waals surface area contributed by atoms with Gasteiger partial charge in [-0.1, -0.05) is 48.6 Å². The molecule has 2 N–H and O–H groups in total. The van der Waals surface area contributed by atoms with Crippen molar-refractivity contribution in [1.29, 1.82) is 0 Å². The molecular weight excluding hydrogens is 282 g/mol. The highest BCUT2D eigenvalue weighted by Gasteiger charge is 2.08. The zero-order chi connectivity index (χ0) is 14.8. The molecule has 1 aromatic heterocycles. The highest BCUT2D eigenvalue weighted by molar-refractivity contribution is 7.80. The largest absolute Gasteiger partial charge is 0.424 e. The molecule has 3 rings (SSSR count). The van der Waals surface area contributed by atoms with E-state index in [1.807, 2.05) is 49.4 Å². The second kappa shape index (κ2) is 5.46. The van der Waals surface area contributed by atoms with E-state index in [0.717, 1.165) is 16.5 Å². The minimum atomic E-state index is 0.225. The Balaban J connectivity index is 2.05. The van der Waals surface area contributed by atoms with Gasteiger partial charge >= 0.3 is 6.01 Å². The van der Waals surface area contributed by atoms with E-state index in [0.29, 0.717) is 11.4 Å². The number of nitrogens with two attached hydrogens (primary N) is 1. The number of benzene rings is 2. The molecule has 1 heterocycles. The summed E-state index contributed by atoms with van der Waals surface area (Å²) in [5.41, 5.74) is 6.88. The number of rotatable bonds is 3. The Labute approximate surface area is 127 Å². The van der Waals surface area contributed by atoms with Crippen molar-refractivity contribution in [1.82, 2.24) is 9.97 Å². The molecule has 0 bridgehead atoms. The standard InChI is InChI=1S/C16H13N3OS/c1-10-9-13(15(17)21)19-16(18-10)20-14-8-4-6-11-5-2-3-7-12(11)14/h2-9H,1H3,(H2,17,21). The molecule has 0 aliphatic heterocycles. The molecule has 0 atom stereocenters. The molecule has 0 saturated heterocycles. The van der Waals surface area contributed by atoms with Crippen molar-refractivity contribution >= 4 is 28.0 Å². The maximum atomic E-state index is 5.83. The fourth-order valence-corrected chi connectivity index (χ4v) is 2.20. The molecule has 0 radical (unpaired) electrons. The Kier molecular flexibility index (Phi) is 3.50. The predicted octanol–water partition coefficient (Wildman–Crippen LogP) is 3.36. The Hall–Kier alpha value is -2.53. The Morgan fingerprint density at radius 2 is 1.86 bits per heavy atom. The zero-order valence-electron chi connectivity index (χ0n) is 11.4. The Bertz CT molecular complexity index is 827. The van der Waals surface area contributed by atoms with Gasteiger partial charge in [0.05, 0.1) is 0 Å². The van der Waals surface area contributed by atoms with Crippen molar-refractivity contribution in [2.75, 3.05) is 0 Å². The first kappa shape index (κ1) is 13.5. The molecule has 0 fully saturated rings. The van der Waals surface area contributed by atoms with Crippen molar-refractivity contribution in [2.24, 2.45) is 5.73 Å². The van der Waals surface area contributed by atoms with Gasteiger partial charge < -0.3 is 10.5 Å². The predicted molar refractivity (Wildman–Crippen MR) is 86.7 cm³/mol. The van der Waals surface area contributed by atoms with Crippen LogP contribution in [-0.4, -0.2) is 15.0 Å². The van der Waals surface area contributed by atoms with Gasteiger partial charge in [0.25, 0.3) is 0 Å². The van der Waals surface area contributed by atoms with Crippen LogP contribution in [0.2, 0.25) is 0 Å². The summed E-state index contributed by atoms with van der Waals surface area (Å²) in [6, 6.07) is 15.8. The highest BCUT2D eigenvalue weighted by atomic mass is 32.1. The van der Waals surface area contributed by atoms with Crippen LogP contribution < -0.4 is 10.5 Å². The Morgan fingerprint density at radius 3 is 2.67 bits per heavy atom. The van der Waals surface area contributed by atoms with E-state index in [-0.39, 0.29) is 11.0 Å². The number of ether oxygens (including phenoxy) is 1. The summed E-state index contributed by atoms with van der Waals surface area (Å²) in [6.07, 6.45) is 0. The van der Waals surface area contributed by atoms with Crippen LogP contribution in [0.3, 0.4) is 0 Å². The van der Waals surface area contributed by atoms with Gasteiger partial charge in [-0.25, -0.2) is 4.98 Å². The molecule has 104 valence electrons. The smallest absolute Gasteiger partial charge is 0.322 e. The second-order valence-electron chi connectivity index (χ2n) is 4.62. The third kappa shape index (κ3) is 2.83. The van der Waals surface area contributed by atoms with E-state index < -0.39 is 0 Å². The summed E-state index contributed by atoms with van der Waals surface area (Å²) in [7, 11) is 0. The summed E-state index contributed by atoms with van der Waals surface area (Å²) < 4.78 is 5.83. The van der Waals surface area contributed by atoms with E-state index in [4.69, 9.17) is 22.7 Å². The third-order valence-electron chi connectivity index (χ3n) is 3.04. The number of nitrogens with zero attached hydrogens (tertiary/aromatic N) is 2. The van der Waals surface area contributed by atoms with Crippen LogP contribution in [0.4, 0.5) is 0 Å². The number of hydrogen-bond donors (Lipinski definition) is 1. The fourth-order valence-electron chi connectivity index (χ4n) is 2.10. The molecule has 0 saturated carbocycles. The first-order valence-corrected chi connectivity index (χ1v) is 6.85. The SMILES string of the molecule is Cc1cc(C(N)=S)nc(Oc2cccc3ccccc23)n1. The average molecular weight is 295 g/mol. The molecule has 0 aliphatic rings. The van der Waals surface area contributed by atoms with Gasteiger partial charge in [0.2, 0.25) is 0 Å². The molecule has 5 heteroatoms. The maximum absolute atomic E-state index is 5.83. The van der Waals surface area contributed by atoms with Gasteiger partial charge in [-0.2, -0.15) is 4.98 Å². The number of hydrogen-bond acceptors (Lipinski definition) is 4. The molecule has 0 amide bonds. The first-order valence-electron chi connectivity index (χ1n) is 6.44. The van der Waals surface area contributed by atoms with Crippen molar-refractivity contribution in [2.45, 2.75) is 6.92 Å². The topological polar surface area (TPSA) is 61.0 Å². The molecule has 4 nitrogen and oxygen atoms in total. The van der Waals surface area contributed by atoms with Gasteiger partial charge in [0.1, 0.15) is 16.4 Å². The minimum absolute atomic E-state index is 0.225. The summed E-state index contributed by atoms with van der Waals surface area (Å²) in [6.45, 7) is 1.85. The monoisotopic (exact) mass is 295 g/mol. The fraction of sp³-hybridized carbons (Fsp3) is 0.0625. The highest BCUT2D eigenvalue weighted by Crippen LogP contribution is 2.28. The molecule has 3 aromatic rings. The lowest BCUT2D eigenvalue weighted by atomic mass is 10.1. The van der Waals surface area contributed by atoms with Gasteiger partial charge in [-0.05, 0) is 24.4 Å². The molecule has 2 aromatic carbocycles. The van der Waals surface area contributed by atoms with Crippen molar-refractivity contribution in [3.05, 3.63) is 59.9 Å². The van der Waals surface area contributed by atoms with E-state index in [1.165, 1.54) is 0 Å². The quantitative estimate of drug-likeness (QED) is 0.751. The molecule has 0 aliphatic carbocycles. The minimum Gasteiger partial charge on any atom is -0.424 e. The lowest BCUT2D eigenvalue weighted by Crippen LogP contribution is -2.13. The molecule has 21 heavy (non-hydrogen) atoms. The van der Waals surface area contributed by atoms with Crippen LogP contribution in [-0.2, 0) is 0 Å². The lowest BCUT2D eigenvalue weighted by molar-refractivity contribution is 0.445. The van der Waals surface area contributed by atoms with Gasteiger partial charge in [-0.3, -0.25) is 0 Å². The van der Waals surface area contributed by atoms with E-state index in [2.05, 4.69) is 9.97 Å². The van der Waals surface area contributed by atoms with Crippen molar-refractivity contribution < 1.29 is 4.74 Å². The van der Waals surface area contributed by atoms with E-state index in [1.54, 1.807) is 6.07 Å². The second-order valence-corrected chi connectivity index (χ2v) is 5.06. The maximum Gasteiger partial charge on any atom is 0.322 e. The van der Waals surface area contributed by atoms with Crippen LogP contribution in [0.15, 0.2) is 48.5 Å². The first-order chi connectivity index (χ1) is 10.1. The lowest BCUT2D eigenvalue weighted by Gasteiger charge is -2.09. The third-order valence-corrected chi connectivity index (χ3v) is 3.25. The van der Waals surface area contributed by atoms with Crippen LogP contribution >= 0.6 is 12.2 Å². The van der Waals surface area contributed by atoms with Crippen molar-refractivity contribution in [3.63, 3.8) is 0 Å². The van der Waals surface area contributed by atoms with Gasteiger partial charge in [-0.15, -0.1) is 0 Å². The molecule has 0 spiro atoms. The summed E-state index contributed by atoms with van der Waals surface area (Å²) >= 11 is 4.95. The van der Waals surface area contributed by atoms with Crippen LogP contribution in [0.1, 0.15) is 11.4 Å². The van der Waals surface area contributed by atoms with Crippen LogP contribution in [0, 0.1) is 6.92 Å². The number of fused-ring (bicyclic) bond motifs is 1. The Morgan fingerprint density at radius 1 is 1.10 bits per heavy atom. The van der Waals surface area contributed by atoms with Gasteiger partial charge in [0.15, 0.2) is 0 Å². The van der Waals surface area contributed by atoms with E-state index in [9.17, 15) is 0 Å².